The molecule has 2 aromatic heterocycles. The van der Waals surface area contributed by atoms with Crippen molar-refractivity contribution in [2.75, 3.05) is 11.1 Å². The molecular weight excluding hydrogens is 311 g/mol. The van der Waals surface area contributed by atoms with Crippen molar-refractivity contribution in [1.29, 1.82) is 0 Å². The molecular formula is C13H10Cl2N6. The predicted octanol–water partition coefficient (Wildman–Crippen LogP) is 3.29. The molecule has 3 aromatic rings. The molecule has 3 N–H and O–H groups in total. The van der Waals surface area contributed by atoms with Crippen molar-refractivity contribution in [3.8, 4) is 5.82 Å². The minimum atomic E-state index is 0.395. The van der Waals surface area contributed by atoms with Crippen molar-refractivity contribution >= 4 is 40.4 Å². The van der Waals surface area contributed by atoms with Crippen molar-refractivity contribution in [2.45, 2.75) is 0 Å². The van der Waals surface area contributed by atoms with Crippen molar-refractivity contribution in [3.05, 3.63) is 53.3 Å². The first kappa shape index (κ1) is 13.7. The SMILES string of the molecule is Nc1c(Nc2cc(Cl)cc(Cl)c2)ncnc1-n1ccnc1. The van der Waals surface area contributed by atoms with E-state index in [1.165, 1.54) is 6.33 Å². The summed E-state index contributed by atoms with van der Waals surface area (Å²) in [5.41, 5.74) is 7.18. The zero-order valence-electron chi connectivity index (χ0n) is 10.7. The maximum absolute atomic E-state index is 6.10. The highest BCUT2D eigenvalue weighted by atomic mass is 35.5. The van der Waals surface area contributed by atoms with E-state index in [1.807, 2.05) is 0 Å². The average molecular weight is 321 g/mol. The number of aromatic nitrogens is 4. The molecule has 0 atom stereocenters. The summed E-state index contributed by atoms with van der Waals surface area (Å²) in [4.78, 5) is 12.3. The molecule has 0 saturated carbocycles. The number of rotatable bonds is 3. The van der Waals surface area contributed by atoms with Gasteiger partial charge >= 0.3 is 0 Å². The number of nitrogens with one attached hydrogen (secondary N) is 1. The fourth-order valence-corrected chi connectivity index (χ4v) is 2.36. The molecule has 0 fully saturated rings. The number of nitrogens with two attached hydrogens (primary N) is 1. The fraction of sp³-hybridized carbons (Fsp3) is 0. The summed E-state index contributed by atoms with van der Waals surface area (Å²) in [5, 5.41) is 4.12. The number of nitrogen functional groups attached to an aromatic ring is 1. The third-order valence-corrected chi connectivity index (χ3v) is 3.17. The number of nitrogens with zero attached hydrogens (tertiary/aromatic N) is 4. The van der Waals surface area contributed by atoms with Crippen LogP contribution in [0.2, 0.25) is 10.0 Å². The molecule has 1 aromatic carbocycles. The van der Waals surface area contributed by atoms with E-state index < -0.39 is 0 Å². The maximum Gasteiger partial charge on any atom is 0.166 e. The van der Waals surface area contributed by atoms with Gasteiger partial charge in [0, 0.05) is 28.1 Å². The molecule has 6 nitrogen and oxygen atoms in total. The predicted molar refractivity (Wildman–Crippen MR) is 83.3 cm³/mol. The summed E-state index contributed by atoms with van der Waals surface area (Å²) in [6.45, 7) is 0. The van der Waals surface area contributed by atoms with E-state index >= 15 is 0 Å². The number of halogens is 2. The second kappa shape index (κ2) is 5.59. The Hall–Kier alpha value is -2.31. The van der Waals surface area contributed by atoms with Crippen LogP contribution in [-0.2, 0) is 0 Å². The summed E-state index contributed by atoms with van der Waals surface area (Å²) in [5.74, 6) is 1.00. The van der Waals surface area contributed by atoms with Gasteiger partial charge < -0.3 is 11.1 Å². The van der Waals surface area contributed by atoms with Gasteiger partial charge in [-0.3, -0.25) is 4.57 Å². The standard InChI is InChI=1S/C13H10Cl2N6/c14-8-3-9(15)5-10(4-8)20-12-11(16)13(19-6-18-12)21-2-1-17-7-21/h1-7H,16H2,(H,18,19,20). The average Bonchev–Trinajstić information content (AvgIpc) is 2.94. The van der Waals surface area contributed by atoms with Crippen LogP contribution in [0.5, 0.6) is 0 Å². The van der Waals surface area contributed by atoms with E-state index in [0.29, 0.717) is 33.1 Å². The first-order valence-electron chi connectivity index (χ1n) is 5.95. The van der Waals surface area contributed by atoms with Crippen LogP contribution in [0, 0.1) is 0 Å². The van der Waals surface area contributed by atoms with Crippen LogP contribution >= 0.6 is 23.2 Å². The molecule has 3 rings (SSSR count). The molecule has 0 bridgehead atoms. The Morgan fingerprint density at radius 2 is 1.86 bits per heavy atom. The van der Waals surface area contributed by atoms with Gasteiger partial charge in [-0.2, -0.15) is 0 Å². The van der Waals surface area contributed by atoms with Gasteiger partial charge in [0.15, 0.2) is 11.6 Å². The molecule has 0 aliphatic heterocycles. The van der Waals surface area contributed by atoms with Crippen LogP contribution in [-0.4, -0.2) is 19.5 Å². The van der Waals surface area contributed by atoms with Crippen LogP contribution in [0.25, 0.3) is 5.82 Å². The minimum Gasteiger partial charge on any atom is -0.393 e. The second-order valence-corrected chi connectivity index (χ2v) is 5.09. The Bertz CT molecular complexity index is 752. The van der Waals surface area contributed by atoms with E-state index in [9.17, 15) is 0 Å². The van der Waals surface area contributed by atoms with E-state index in [2.05, 4.69) is 20.3 Å². The quantitative estimate of drug-likeness (QED) is 0.773. The normalized spacial score (nSPS) is 10.6. The highest BCUT2D eigenvalue weighted by Gasteiger charge is 2.10. The van der Waals surface area contributed by atoms with Crippen molar-refractivity contribution in [2.24, 2.45) is 0 Å². The third kappa shape index (κ3) is 2.91. The van der Waals surface area contributed by atoms with Gasteiger partial charge in [-0.05, 0) is 18.2 Å². The van der Waals surface area contributed by atoms with Crippen molar-refractivity contribution in [3.63, 3.8) is 0 Å². The Labute approximate surface area is 130 Å². The first-order chi connectivity index (χ1) is 10.1. The van der Waals surface area contributed by atoms with Crippen LogP contribution in [0.3, 0.4) is 0 Å². The molecule has 0 aliphatic carbocycles. The Morgan fingerprint density at radius 3 is 2.52 bits per heavy atom. The molecule has 2 heterocycles. The number of anilines is 3. The zero-order valence-corrected chi connectivity index (χ0v) is 12.2. The zero-order chi connectivity index (χ0) is 14.8. The molecule has 0 radical (unpaired) electrons. The van der Waals surface area contributed by atoms with Gasteiger partial charge in [0.2, 0.25) is 0 Å². The van der Waals surface area contributed by atoms with Crippen LogP contribution in [0.1, 0.15) is 0 Å². The second-order valence-electron chi connectivity index (χ2n) is 4.21. The minimum absolute atomic E-state index is 0.395. The smallest absolute Gasteiger partial charge is 0.166 e. The highest BCUT2D eigenvalue weighted by molar-refractivity contribution is 6.35. The lowest BCUT2D eigenvalue weighted by Crippen LogP contribution is -2.06. The highest BCUT2D eigenvalue weighted by Crippen LogP contribution is 2.28. The van der Waals surface area contributed by atoms with Gasteiger partial charge in [0.1, 0.15) is 18.3 Å². The molecule has 8 heteroatoms. The van der Waals surface area contributed by atoms with Gasteiger partial charge in [-0.15, -0.1) is 0 Å². The summed E-state index contributed by atoms with van der Waals surface area (Å²) in [6.07, 6.45) is 6.42. The number of benzene rings is 1. The summed E-state index contributed by atoms with van der Waals surface area (Å²) in [6, 6.07) is 5.10. The Morgan fingerprint density at radius 1 is 1.10 bits per heavy atom. The third-order valence-electron chi connectivity index (χ3n) is 2.74. The summed E-state index contributed by atoms with van der Waals surface area (Å²) < 4.78 is 1.70. The van der Waals surface area contributed by atoms with Gasteiger partial charge in [-0.25, -0.2) is 15.0 Å². The lowest BCUT2D eigenvalue weighted by molar-refractivity contribution is 0.977. The van der Waals surface area contributed by atoms with Gasteiger partial charge in [-0.1, -0.05) is 23.2 Å². The molecule has 0 spiro atoms. The van der Waals surface area contributed by atoms with E-state index in [1.54, 1.807) is 41.5 Å². The number of imidazole rings is 1. The van der Waals surface area contributed by atoms with Crippen LogP contribution in [0.15, 0.2) is 43.2 Å². The van der Waals surface area contributed by atoms with E-state index in [0.717, 1.165) is 0 Å². The molecule has 0 amide bonds. The van der Waals surface area contributed by atoms with Crippen molar-refractivity contribution < 1.29 is 0 Å². The van der Waals surface area contributed by atoms with E-state index in [4.69, 9.17) is 28.9 Å². The maximum atomic E-state index is 6.10. The van der Waals surface area contributed by atoms with Crippen LogP contribution < -0.4 is 11.1 Å². The number of hydrogen-bond acceptors (Lipinski definition) is 5. The van der Waals surface area contributed by atoms with Crippen LogP contribution in [0.4, 0.5) is 17.2 Å². The largest absolute Gasteiger partial charge is 0.393 e. The molecule has 0 aliphatic rings. The Kier molecular flexibility index (Phi) is 3.64. The van der Waals surface area contributed by atoms with Crippen molar-refractivity contribution in [1.82, 2.24) is 19.5 Å². The topological polar surface area (TPSA) is 81.6 Å². The first-order valence-corrected chi connectivity index (χ1v) is 6.71. The monoisotopic (exact) mass is 320 g/mol. The summed E-state index contributed by atoms with van der Waals surface area (Å²) in [7, 11) is 0. The molecule has 106 valence electrons. The summed E-state index contributed by atoms with van der Waals surface area (Å²) >= 11 is 11.9. The number of hydrogen-bond donors (Lipinski definition) is 2. The lowest BCUT2D eigenvalue weighted by Gasteiger charge is -2.11. The molecule has 21 heavy (non-hydrogen) atoms. The molecule has 0 unspecified atom stereocenters. The fourth-order valence-electron chi connectivity index (χ4n) is 1.84. The van der Waals surface area contributed by atoms with Gasteiger partial charge in [0.05, 0.1) is 0 Å². The van der Waals surface area contributed by atoms with E-state index in [-0.39, 0.29) is 0 Å². The molecule has 0 saturated heterocycles. The lowest BCUT2D eigenvalue weighted by atomic mass is 10.3. The Balaban J connectivity index is 1.98. The van der Waals surface area contributed by atoms with Gasteiger partial charge in [0.25, 0.3) is 0 Å².